The van der Waals surface area contributed by atoms with Gasteiger partial charge in [-0.05, 0) is 11.6 Å². The van der Waals surface area contributed by atoms with Crippen LogP contribution in [0.4, 0.5) is 0 Å². The van der Waals surface area contributed by atoms with Crippen LogP contribution in [0.2, 0.25) is 0 Å². The lowest BCUT2D eigenvalue weighted by atomic mass is 10.0. The van der Waals surface area contributed by atoms with Crippen molar-refractivity contribution in [3.8, 4) is 0 Å². The molecular formula is C11H9NO. The van der Waals surface area contributed by atoms with Crippen LogP contribution in [0.5, 0.6) is 0 Å². The molecule has 1 aromatic carbocycles. The molecule has 0 fully saturated rings. The molecule has 0 spiro atoms. The summed E-state index contributed by atoms with van der Waals surface area (Å²) in [5.41, 5.74) is 1.94. The van der Waals surface area contributed by atoms with Gasteiger partial charge in [0.1, 0.15) is 6.54 Å². The number of rotatable bonds is 1. The smallest absolute Gasteiger partial charge is 0.177 e. The van der Waals surface area contributed by atoms with Gasteiger partial charge in [-0.2, -0.15) is 0 Å². The van der Waals surface area contributed by atoms with E-state index in [4.69, 9.17) is 0 Å². The van der Waals surface area contributed by atoms with Crippen LogP contribution in [0, 0.1) is 0 Å². The van der Waals surface area contributed by atoms with Crippen molar-refractivity contribution in [1.29, 1.82) is 0 Å². The Kier molecular flexibility index (Phi) is 2.04. The third-order valence-electron chi connectivity index (χ3n) is 1.90. The van der Waals surface area contributed by atoms with Gasteiger partial charge in [0.25, 0.3) is 0 Å². The van der Waals surface area contributed by atoms with E-state index in [2.05, 4.69) is 4.99 Å². The van der Waals surface area contributed by atoms with Gasteiger partial charge in [0.2, 0.25) is 0 Å². The quantitative estimate of drug-likeness (QED) is 0.632. The second-order valence-corrected chi connectivity index (χ2v) is 2.90. The van der Waals surface area contributed by atoms with Crippen LogP contribution < -0.4 is 0 Å². The summed E-state index contributed by atoms with van der Waals surface area (Å²) in [5, 5.41) is 0. The van der Waals surface area contributed by atoms with E-state index in [-0.39, 0.29) is 12.3 Å². The van der Waals surface area contributed by atoms with Gasteiger partial charge >= 0.3 is 0 Å². The fraction of sp³-hybridized carbons (Fsp3) is 0.0909. The molecule has 0 amide bonds. The van der Waals surface area contributed by atoms with E-state index in [1.54, 1.807) is 12.3 Å². The van der Waals surface area contributed by atoms with E-state index in [0.29, 0.717) is 0 Å². The van der Waals surface area contributed by atoms with Crippen LogP contribution in [0.1, 0.15) is 5.56 Å². The maximum Gasteiger partial charge on any atom is 0.177 e. The summed E-state index contributed by atoms with van der Waals surface area (Å²) in [7, 11) is 0. The summed E-state index contributed by atoms with van der Waals surface area (Å²) in [6, 6.07) is 9.78. The highest BCUT2D eigenvalue weighted by Gasteiger charge is 2.05. The highest BCUT2D eigenvalue weighted by atomic mass is 16.1. The second kappa shape index (κ2) is 3.35. The molecule has 0 aromatic heterocycles. The zero-order valence-electron chi connectivity index (χ0n) is 7.10. The van der Waals surface area contributed by atoms with Crippen LogP contribution in [0.3, 0.4) is 0 Å². The third-order valence-corrected chi connectivity index (χ3v) is 1.90. The van der Waals surface area contributed by atoms with Gasteiger partial charge in [-0.3, -0.25) is 9.79 Å². The highest BCUT2D eigenvalue weighted by Crippen LogP contribution is 2.13. The Labute approximate surface area is 76.6 Å². The number of carbonyl (C=O) groups is 1. The lowest BCUT2D eigenvalue weighted by molar-refractivity contribution is -0.113. The summed E-state index contributed by atoms with van der Waals surface area (Å²) in [6.07, 6.45) is 3.39. The summed E-state index contributed by atoms with van der Waals surface area (Å²) < 4.78 is 0. The van der Waals surface area contributed by atoms with Gasteiger partial charge in [0, 0.05) is 11.8 Å². The van der Waals surface area contributed by atoms with Crippen molar-refractivity contribution in [1.82, 2.24) is 0 Å². The Morgan fingerprint density at radius 3 is 2.62 bits per heavy atom. The molecule has 1 aliphatic rings. The van der Waals surface area contributed by atoms with Crippen molar-refractivity contribution in [2.75, 3.05) is 6.54 Å². The Hall–Kier alpha value is -1.70. The SMILES string of the molecule is O=C1C=C(c2ccccc2)C=NC1. The third kappa shape index (κ3) is 1.72. The first-order valence-electron chi connectivity index (χ1n) is 4.16. The van der Waals surface area contributed by atoms with Crippen molar-refractivity contribution >= 4 is 17.6 Å². The molecule has 13 heavy (non-hydrogen) atoms. The maximum absolute atomic E-state index is 11.1. The number of hydrogen-bond donors (Lipinski definition) is 0. The maximum atomic E-state index is 11.1. The Morgan fingerprint density at radius 2 is 1.92 bits per heavy atom. The van der Waals surface area contributed by atoms with Crippen molar-refractivity contribution in [2.24, 2.45) is 4.99 Å². The highest BCUT2D eigenvalue weighted by molar-refractivity contribution is 6.19. The molecule has 0 aliphatic carbocycles. The summed E-state index contributed by atoms with van der Waals surface area (Å²) in [5.74, 6) is 0.0707. The molecule has 0 atom stereocenters. The molecule has 0 saturated carbocycles. The van der Waals surface area contributed by atoms with E-state index in [1.165, 1.54) is 0 Å². The summed E-state index contributed by atoms with van der Waals surface area (Å²) in [6.45, 7) is 0.288. The molecule has 0 saturated heterocycles. The predicted octanol–water partition coefficient (Wildman–Crippen LogP) is 1.72. The standard InChI is InChI=1S/C11H9NO/c13-11-6-10(7-12-8-11)9-4-2-1-3-5-9/h1-7H,8H2. The molecular weight excluding hydrogens is 162 g/mol. The van der Waals surface area contributed by atoms with E-state index in [9.17, 15) is 4.79 Å². The monoisotopic (exact) mass is 171 g/mol. The molecule has 0 radical (unpaired) electrons. The predicted molar refractivity (Wildman–Crippen MR) is 52.8 cm³/mol. The Bertz CT molecular complexity index is 376. The van der Waals surface area contributed by atoms with Crippen molar-refractivity contribution in [2.45, 2.75) is 0 Å². The van der Waals surface area contributed by atoms with Crippen LogP contribution in [-0.2, 0) is 4.79 Å². The first-order valence-corrected chi connectivity index (χ1v) is 4.16. The second-order valence-electron chi connectivity index (χ2n) is 2.90. The van der Waals surface area contributed by atoms with Gasteiger partial charge in [-0.15, -0.1) is 0 Å². The minimum Gasteiger partial charge on any atom is -0.293 e. The number of carbonyl (C=O) groups excluding carboxylic acids is 1. The van der Waals surface area contributed by atoms with Crippen molar-refractivity contribution in [3.63, 3.8) is 0 Å². The topological polar surface area (TPSA) is 29.4 Å². The first-order chi connectivity index (χ1) is 6.36. The average molecular weight is 171 g/mol. The lowest BCUT2D eigenvalue weighted by Crippen LogP contribution is -2.05. The van der Waals surface area contributed by atoms with Gasteiger partial charge in [0.15, 0.2) is 5.78 Å². The minimum absolute atomic E-state index is 0.0707. The van der Waals surface area contributed by atoms with E-state index in [1.807, 2.05) is 30.3 Å². The van der Waals surface area contributed by atoms with E-state index >= 15 is 0 Å². The zero-order valence-corrected chi connectivity index (χ0v) is 7.10. The zero-order chi connectivity index (χ0) is 9.10. The van der Waals surface area contributed by atoms with E-state index < -0.39 is 0 Å². The molecule has 2 rings (SSSR count). The van der Waals surface area contributed by atoms with Crippen LogP contribution >= 0.6 is 0 Å². The summed E-state index contributed by atoms with van der Waals surface area (Å²) in [4.78, 5) is 15.0. The molecule has 0 bridgehead atoms. The fourth-order valence-corrected chi connectivity index (χ4v) is 1.28. The summed E-state index contributed by atoms with van der Waals surface area (Å²) >= 11 is 0. The number of benzene rings is 1. The van der Waals surface area contributed by atoms with Crippen LogP contribution in [0.25, 0.3) is 5.57 Å². The van der Waals surface area contributed by atoms with Crippen LogP contribution in [-0.4, -0.2) is 18.5 Å². The number of dihydropyridines is 1. The Morgan fingerprint density at radius 1 is 1.15 bits per heavy atom. The van der Waals surface area contributed by atoms with Gasteiger partial charge in [0.05, 0.1) is 0 Å². The molecule has 0 unspecified atom stereocenters. The van der Waals surface area contributed by atoms with Gasteiger partial charge in [-0.25, -0.2) is 0 Å². The number of aliphatic imine (C=N–C) groups is 1. The lowest BCUT2D eigenvalue weighted by Gasteiger charge is -2.04. The van der Waals surface area contributed by atoms with Gasteiger partial charge < -0.3 is 0 Å². The molecule has 2 heteroatoms. The number of hydrogen-bond acceptors (Lipinski definition) is 2. The van der Waals surface area contributed by atoms with Crippen molar-refractivity contribution in [3.05, 3.63) is 42.0 Å². The normalized spacial score (nSPS) is 15.7. The Balaban J connectivity index is 2.37. The van der Waals surface area contributed by atoms with E-state index in [0.717, 1.165) is 11.1 Å². The molecule has 1 aromatic rings. The largest absolute Gasteiger partial charge is 0.293 e. The fourth-order valence-electron chi connectivity index (χ4n) is 1.28. The molecule has 64 valence electrons. The molecule has 0 N–H and O–H groups in total. The number of nitrogens with zero attached hydrogens (tertiary/aromatic N) is 1. The number of allylic oxidation sites excluding steroid dienone is 1. The average Bonchev–Trinajstić information content (AvgIpc) is 2.19. The van der Waals surface area contributed by atoms with Crippen molar-refractivity contribution < 1.29 is 4.79 Å². The molecule has 2 nitrogen and oxygen atoms in total. The molecule has 1 aliphatic heterocycles. The minimum atomic E-state index is 0.0707. The molecule has 1 heterocycles. The number of ketones is 1. The van der Waals surface area contributed by atoms with Crippen LogP contribution in [0.15, 0.2) is 41.4 Å². The van der Waals surface area contributed by atoms with Gasteiger partial charge in [-0.1, -0.05) is 30.3 Å². The first kappa shape index (κ1) is 7.92.